The molecule has 3 aliphatic rings. The number of ketones is 1. The molecule has 0 spiro atoms. The summed E-state index contributed by atoms with van der Waals surface area (Å²) in [5.41, 5.74) is 0. The van der Waals surface area contributed by atoms with Gasteiger partial charge in [-0.1, -0.05) is 12.2 Å². The van der Waals surface area contributed by atoms with Gasteiger partial charge in [0.2, 0.25) is 0 Å². The molecule has 0 radical (unpaired) electrons. The maximum atomic E-state index is 10.8. The van der Waals surface area contributed by atoms with Crippen LogP contribution in [0.5, 0.6) is 0 Å². The first-order valence-electron chi connectivity index (χ1n) is 5.63. The summed E-state index contributed by atoms with van der Waals surface area (Å²) >= 11 is 0. The Kier molecular flexibility index (Phi) is 3.38. The number of fused-ring (bicyclic) bond motifs is 2. The minimum atomic E-state index is 0.500. The highest BCUT2D eigenvalue weighted by Crippen LogP contribution is 2.41. The average Bonchev–Trinajstić information content (AvgIpc) is 2.70. The predicted molar refractivity (Wildman–Crippen MR) is 61.0 cm³/mol. The normalized spacial score (nSPS) is 30.8. The van der Waals surface area contributed by atoms with E-state index in [2.05, 4.69) is 5.32 Å². The van der Waals surface area contributed by atoms with Crippen molar-refractivity contribution in [2.45, 2.75) is 25.7 Å². The molecule has 1 N–H and O–H groups in total. The standard InChI is InChI=1S/C7H10O.C6H7N/c8-7-4-5-1-2-6(7)3-5;1-2-4-6-7-5-3-1/h5-6H,1-4H2;1-7H. The van der Waals surface area contributed by atoms with E-state index in [9.17, 15) is 4.79 Å². The fraction of sp³-hybridized carbons (Fsp3) is 0.462. The van der Waals surface area contributed by atoms with Crippen LogP contribution < -0.4 is 5.32 Å². The Balaban J connectivity index is 0.000000115. The first kappa shape index (κ1) is 10.2. The summed E-state index contributed by atoms with van der Waals surface area (Å²) in [5.74, 6) is 1.84. The van der Waals surface area contributed by atoms with Gasteiger partial charge in [0.15, 0.2) is 0 Å². The number of nitrogens with one attached hydrogen (secondary N) is 1. The zero-order valence-electron chi connectivity index (χ0n) is 8.86. The lowest BCUT2D eigenvalue weighted by Gasteiger charge is -2.04. The van der Waals surface area contributed by atoms with Crippen molar-refractivity contribution in [2.75, 3.05) is 0 Å². The van der Waals surface area contributed by atoms with Crippen molar-refractivity contribution >= 4 is 5.78 Å². The second-order valence-corrected chi connectivity index (χ2v) is 4.32. The van der Waals surface area contributed by atoms with Gasteiger partial charge in [0, 0.05) is 24.7 Å². The van der Waals surface area contributed by atoms with E-state index in [1.165, 1.54) is 19.3 Å². The monoisotopic (exact) mass is 203 g/mol. The molecule has 0 aromatic carbocycles. The van der Waals surface area contributed by atoms with E-state index in [-0.39, 0.29) is 0 Å². The molecule has 2 nitrogen and oxygen atoms in total. The third-order valence-electron chi connectivity index (χ3n) is 3.20. The second-order valence-electron chi connectivity index (χ2n) is 4.32. The summed E-state index contributed by atoms with van der Waals surface area (Å²) in [6, 6.07) is 0. The highest BCUT2D eigenvalue weighted by atomic mass is 16.1. The molecule has 2 saturated carbocycles. The molecule has 2 fully saturated rings. The quantitative estimate of drug-likeness (QED) is 0.655. The lowest BCUT2D eigenvalue weighted by atomic mass is 10.00. The first-order valence-corrected chi connectivity index (χ1v) is 5.63. The number of carbonyl (C=O) groups excluding carboxylic acids is 1. The summed E-state index contributed by atoms with van der Waals surface area (Å²) < 4.78 is 0. The molecule has 3 rings (SSSR count). The Bertz CT molecular complexity index is 300. The molecule has 0 aromatic heterocycles. The maximum Gasteiger partial charge on any atom is 0.136 e. The predicted octanol–water partition coefficient (Wildman–Crippen LogP) is 2.55. The van der Waals surface area contributed by atoms with E-state index in [1.807, 2.05) is 36.7 Å². The Morgan fingerprint density at radius 1 is 1.07 bits per heavy atom. The van der Waals surface area contributed by atoms with Gasteiger partial charge < -0.3 is 5.32 Å². The molecule has 1 aliphatic heterocycles. The van der Waals surface area contributed by atoms with Crippen molar-refractivity contribution in [3.8, 4) is 0 Å². The number of Topliss-reactive ketones (excluding diaryl/α,β-unsaturated/α-hetero) is 1. The number of hydrogen-bond donors (Lipinski definition) is 1. The van der Waals surface area contributed by atoms with Gasteiger partial charge >= 0.3 is 0 Å². The molecule has 80 valence electrons. The Morgan fingerprint density at radius 3 is 2.20 bits per heavy atom. The summed E-state index contributed by atoms with van der Waals surface area (Å²) in [5, 5.41) is 2.92. The number of rotatable bonds is 0. The van der Waals surface area contributed by atoms with E-state index in [4.69, 9.17) is 0 Å². The van der Waals surface area contributed by atoms with Crippen molar-refractivity contribution in [3.05, 3.63) is 36.7 Å². The van der Waals surface area contributed by atoms with Crippen LogP contribution in [0.2, 0.25) is 0 Å². The molecule has 2 atom stereocenters. The zero-order valence-corrected chi connectivity index (χ0v) is 8.86. The zero-order chi connectivity index (χ0) is 10.5. The Hall–Kier alpha value is -1.31. The topological polar surface area (TPSA) is 29.1 Å². The Labute approximate surface area is 90.7 Å². The summed E-state index contributed by atoms with van der Waals surface area (Å²) in [4.78, 5) is 10.8. The van der Waals surface area contributed by atoms with Crippen LogP contribution in [-0.4, -0.2) is 5.78 Å². The van der Waals surface area contributed by atoms with Gasteiger partial charge in [0.25, 0.3) is 0 Å². The fourth-order valence-corrected chi connectivity index (χ4v) is 2.41. The number of carbonyl (C=O) groups is 1. The largest absolute Gasteiger partial charge is 0.368 e. The lowest BCUT2D eigenvalue weighted by Crippen LogP contribution is -2.07. The summed E-state index contributed by atoms with van der Waals surface area (Å²) in [7, 11) is 0. The van der Waals surface area contributed by atoms with Crippen LogP contribution in [0.25, 0.3) is 0 Å². The molecule has 1 heterocycles. The molecule has 0 saturated heterocycles. The van der Waals surface area contributed by atoms with E-state index in [0.29, 0.717) is 11.7 Å². The van der Waals surface area contributed by atoms with Crippen LogP contribution in [0.4, 0.5) is 0 Å². The van der Waals surface area contributed by atoms with E-state index < -0.39 is 0 Å². The van der Waals surface area contributed by atoms with Crippen LogP contribution in [0, 0.1) is 11.8 Å². The fourth-order valence-electron chi connectivity index (χ4n) is 2.41. The number of hydrogen-bond acceptors (Lipinski definition) is 2. The van der Waals surface area contributed by atoms with Gasteiger partial charge in [-0.25, -0.2) is 0 Å². The van der Waals surface area contributed by atoms with E-state index in [0.717, 1.165) is 12.3 Å². The minimum absolute atomic E-state index is 0.500. The van der Waals surface area contributed by atoms with E-state index >= 15 is 0 Å². The van der Waals surface area contributed by atoms with Gasteiger partial charge in [-0.2, -0.15) is 0 Å². The third-order valence-corrected chi connectivity index (χ3v) is 3.20. The van der Waals surface area contributed by atoms with Crippen molar-refractivity contribution in [1.82, 2.24) is 5.32 Å². The van der Waals surface area contributed by atoms with Gasteiger partial charge in [0.1, 0.15) is 5.78 Å². The molecule has 2 heteroatoms. The van der Waals surface area contributed by atoms with E-state index in [1.54, 1.807) is 0 Å². The van der Waals surface area contributed by atoms with Crippen LogP contribution in [0.1, 0.15) is 25.7 Å². The molecule has 2 bridgehead atoms. The van der Waals surface area contributed by atoms with Crippen LogP contribution >= 0.6 is 0 Å². The number of allylic oxidation sites excluding steroid dienone is 4. The molecule has 2 aliphatic carbocycles. The lowest BCUT2D eigenvalue weighted by molar-refractivity contribution is -0.121. The second kappa shape index (κ2) is 4.96. The first-order chi connectivity index (χ1) is 7.36. The van der Waals surface area contributed by atoms with Crippen molar-refractivity contribution in [2.24, 2.45) is 11.8 Å². The van der Waals surface area contributed by atoms with Gasteiger partial charge in [-0.3, -0.25) is 4.79 Å². The highest BCUT2D eigenvalue weighted by Gasteiger charge is 2.37. The summed E-state index contributed by atoms with van der Waals surface area (Å²) in [6.07, 6.45) is 16.2. The molecule has 15 heavy (non-hydrogen) atoms. The van der Waals surface area contributed by atoms with Gasteiger partial charge in [-0.05, 0) is 37.3 Å². The molecule has 2 unspecified atom stereocenters. The average molecular weight is 203 g/mol. The molecular weight excluding hydrogens is 186 g/mol. The molecule has 0 amide bonds. The van der Waals surface area contributed by atoms with Crippen molar-refractivity contribution in [3.63, 3.8) is 0 Å². The molecule has 0 aromatic rings. The summed E-state index contributed by atoms with van der Waals surface area (Å²) in [6.45, 7) is 0. The Morgan fingerprint density at radius 2 is 1.80 bits per heavy atom. The van der Waals surface area contributed by atoms with Crippen molar-refractivity contribution < 1.29 is 4.79 Å². The SMILES string of the molecule is C1=CC=CNC=C1.O=C1CC2CCC1C2. The van der Waals surface area contributed by atoms with Gasteiger partial charge in [-0.15, -0.1) is 0 Å². The third kappa shape index (κ3) is 2.82. The van der Waals surface area contributed by atoms with Crippen molar-refractivity contribution in [1.29, 1.82) is 0 Å². The maximum absolute atomic E-state index is 10.8. The van der Waals surface area contributed by atoms with Crippen LogP contribution in [0.15, 0.2) is 36.7 Å². The van der Waals surface area contributed by atoms with Gasteiger partial charge in [0.05, 0.1) is 0 Å². The minimum Gasteiger partial charge on any atom is -0.368 e. The molecular formula is C13H17NO. The smallest absolute Gasteiger partial charge is 0.136 e. The van der Waals surface area contributed by atoms with Crippen LogP contribution in [-0.2, 0) is 4.79 Å². The van der Waals surface area contributed by atoms with Crippen LogP contribution in [0.3, 0.4) is 0 Å². The highest BCUT2D eigenvalue weighted by molar-refractivity contribution is 5.84.